The molecule has 1 aliphatic heterocycles. The number of carbonyl (C=O) groups excluding carboxylic acids is 1. The Balaban J connectivity index is 1.33. The van der Waals surface area contributed by atoms with Gasteiger partial charge in [-0.3, -0.25) is 4.79 Å². The first kappa shape index (κ1) is 16.9. The number of hydrogen-bond donors (Lipinski definition) is 0. The Labute approximate surface area is 162 Å². The summed E-state index contributed by atoms with van der Waals surface area (Å²) in [5.74, 6) is 2.40. The van der Waals surface area contributed by atoms with E-state index in [1.165, 1.54) is 0 Å². The molecule has 0 spiro atoms. The lowest BCUT2D eigenvalue weighted by atomic mass is 9.85. The molecule has 3 aromatic rings. The highest BCUT2D eigenvalue weighted by Gasteiger charge is 2.30. The number of carbonyl (C=O) groups is 1. The highest BCUT2D eigenvalue weighted by molar-refractivity contribution is 5.98. The Morgan fingerprint density at radius 2 is 1.68 bits per heavy atom. The van der Waals surface area contributed by atoms with Crippen LogP contribution < -0.4 is 9.80 Å². The first-order valence-electron chi connectivity index (χ1n) is 9.47. The average molecular weight is 376 g/mol. The van der Waals surface area contributed by atoms with Crippen molar-refractivity contribution in [3.63, 3.8) is 0 Å². The van der Waals surface area contributed by atoms with Crippen molar-refractivity contribution in [1.29, 1.82) is 0 Å². The van der Waals surface area contributed by atoms with Crippen LogP contribution in [0, 0.1) is 0 Å². The van der Waals surface area contributed by atoms with Gasteiger partial charge in [-0.05, 0) is 18.2 Å². The molecule has 142 valence electrons. The van der Waals surface area contributed by atoms with Crippen molar-refractivity contribution >= 4 is 17.7 Å². The monoisotopic (exact) mass is 376 g/mol. The molecule has 0 unspecified atom stereocenters. The van der Waals surface area contributed by atoms with Crippen molar-refractivity contribution in [3.8, 4) is 0 Å². The number of ketones is 1. The summed E-state index contributed by atoms with van der Waals surface area (Å²) in [6, 6.07) is 5.60. The third-order valence-corrected chi connectivity index (χ3v) is 5.37. The van der Waals surface area contributed by atoms with Crippen LogP contribution in [-0.4, -0.2) is 51.9 Å². The van der Waals surface area contributed by atoms with Crippen LogP contribution in [0.1, 0.15) is 34.2 Å². The first-order valence-corrected chi connectivity index (χ1v) is 9.47. The lowest BCUT2D eigenvalue weighted by Gasteiger charge is -2.35. The van der Waals surface area contributed by atoms with E-state index >= 15 is 0 Å². The van der Waals surface area contributed by atoms with E-state index in [1.807, 2.05) is 18.2 Å². The van der Waals surface area contributed by atoms with Crippen LogP contribution in [0.15, 0.2) is 47.5 Å². The highest BCUT2D eigenvalue weighted by Crippen LogP contribution is 2.32. The molecule has 8 heteroatoms. The molecule has 1 aliphatic carbocycles. The first-order chi connectivity index (χ1) is 13.8. The predicted molar refractivity (Wildman–Crippen MR) is 103 cm³/mol. The Morgan fingerprint density at radius 1 is 0.929 bits per heavy atom. The summed E-state index contributed by atoms with van der Waals surface area (Å²) in [4.78, 5) is 34.7. The molecule has 0 aromatic carbocycles. The summed E-state index contributed by atoms with van der Waals surface area (Å²) < 4.78 is 5.51. The number of anilines is 2. The molecule has 0 N–H and O–H groups in total. The molecule has 4 heterocycles. The van der Waals surface area contributed by atoms with Gasteiger partial charge in [-0.2, -0.15) is 0 Å². The van der Waals surface area contributed by atoms with Crippen molar-refractivity contribution in [2.75, 3.05) is 36.0 Å². The highest BCUT2D eigenvalue weighted by atomic mass is 16.3. The van der Waals surface area contributed by atoms with Crippen LogP contribution in [-0.2, 0) is 6.42 Å². The van der Waals surface area contributed by atoms with E-state index in [2.05, 4.69) is 24.8 Å². The summed E-state index contributed by atoms with van der Waals surface area (Å²) in [5, 5.41) is 0. The normalized spacial score (nSPS) is 19.6. The molecule has 3 aromatic heterocycles. The molecular weight excluding hydrogens is 356 g/mol. The van der Waals surface area contributed by atoms with Gasteiger partial charge in [0.05, 0.1) is 17.5 Å². The fourth-order valence-corrected chi connectivity index (χ4v) is 3.87. The van der Waals surface area contributed by atoms with E-state index in [1.54, 1.807) is 24.9 Å². The lowest BCUT2D eigenvalue weighted by molar-refractivity contribution is 0.0958. The van der Waals surface area contributed by atoms with Gasteiger partial charge in [-0.15, -0.1) is 0 Å². The standard InChI is InChI=1S/C20H20N6O2/c27-17-12-14(18-3-1-10-28-18)11-16-15(17)13-23-20(24-16)26-8-6-25(7-9-26)19-21-4-2-5-22-19/h1-5,10,13-14H,6-9,11-12H2/t14-/m1/s1. The van der Waals surface area contributed by atoms with Crippen molar-refractivity contribution in [2.24, 2.45) is 0 Å². The molecule has 1 saturated heterocycles. The van der Waals surface area contributed by atoms with Crippen LogP contribution in [0.4, 0.5) is 11.9 Å². The fraction of sp³-hybridized carbons (Fsp3) is 0.350. The number of fused-ring (bicyclic) bond motifs is 1. The third kappa shape index (κ3) is 3.11. The molecule has 0 radical (unpaired) electrons. The van der Waals surface area contributed by atoms with Crippen LogP contribution in [0.5, 0.6) is 0 Å². The average Bonchev–Trinajstić information content (AvgIpc) is 3.29. The molecule has 0 bridgehead atoms. The van der Waals surface area contributed by atoms with Crippen LogP contribution >= 0.6 is 0 Å². The van der Waals surface area contributed by atoms with E-state index in [9.17, 15) is 4.79 Å². The zero-order valence-electron chi connectivity index (χ0n) is 15.4. The van der Waals surface area contributed by atoms with Crippen molar-refractivity contribution in [1.82, 2.24) is 19.9 Å². The number of furan rings is 1. The molecule has 8 nitrogen and oxygen atoms in total. The van der Waals surface area contributed by atoms with Gasteiger partial charge in [-0.1, -0.05) is 0 Å². The summed E-state index contributed by atoms with van der Waals surface area (Å²) in [5.41, 5.74) is 1.46. The fourth-order valence-electron chi connectivity index (χ4n) is 3.87. The maximum absolute atomic E-state index is 12.5. The number of Topliss-reactive ketones (excluding diaryl/α,β-unsaturated/α-hetero) is 1. The molecule has 1 fully saturated rings. The zero-order chi connectivity index (χ0) is 18.9. The Bertz CT molecular complexity index is 968. The molecule has 2 aliphatic rings. The molecule has 1 atom stereocenters. The number of rotatable bonds is 3. The zero-order valence-corrected chi connectivity index (χ0v) is 15.4. The topological polar surface area (TPSA) is 88.3 Å². The molecule has 5 rings (SSSR count). The lowest BCUT2D eigenvalue weighted by Crippen LogP contribution is -2.47. The molecule has 0 amide bonds. The number of nitrogens with zero attached hydrogens (tertiary/aromatic N) is 6. The smallest absolute Gasteiger partial charge is 0.225 e. The van der Waals surface area contributed by atoms with E-state index in [0.717, 1.165) is 43.6 Å². The number of hydrogen-bond acceptors (Lipinski definition) is 8. The van der Waals surface area contributed by atoms with Gasteiger partial charge in [0.25, 0.3) is 0 Å². The van der Waals surface area contributed by atoms with Gasteiger partial charge in [0.15, 0.2) is 5.78 Å². The maximum Gasteiger partial charge on any atom is 0.225 e. The van der Waals surface area contributed by atoms with Gasteiger partial charge < -0.3 is 14.2 Å². The SMILES string of the molecule is O=C1C[C@H](c2ccco2)Cc2nc(N3CCN(c4ncccn4)CC3)ncc21. The largest absolute Gasteiger partial charge is 0.469 e. The Kier molecular flexibility index (Phi) is 4.23. The van der Waals surface area contributed by atoms with Crippen molar-refractivity contribution in [3.05, 3.63) is 60.1 Å². The van der Waals surface area contributed by atoms with Crippen molar-refractivity contribution in [2.45, 2.75) is 18.8 Å². The molecule has 28 heavy (non-hydrogen) atoms. The summed E-state index contributed by atoms with van der Waals surface area (Å²) >= 11 is 0. The maximum atomic E-state index is 12.5. The van der Waals surface area contributed by atoms with Gasteiger partial charge in [0.1, 0.15) is 5.76 Å². The molecule has 0 saturated carbocycles. The predicted octanol–water partition coefficient (Wildman–Crippen LogP) is 2.10. The summed E-state index contributed by atoms with van der Waals surface area (Å²) in [6.45, 7) is 3.18. The second-order valence-corrected chi connectivity index (χ2v) is 7.10. The second kappa shape index (κ2) is 7.03. The summed E-state index contributed by atoms with van der Waals surface area (Å²) in [6.07, 6.45) is 7.99. The van der Waals surface area contributed by atoms with Crippen molar-refractivity contribution < 1.29 is 9.21 Å². The minimum absolute atomic E-state index is 0.0461. The minimum Gasteiger partial charge on any atom is -0.469 e. The number of aromatic nitrogens is 4. The van der Waals surface area contributed by atoms with Gasteiger partial charge in [0.2, 0.25) is 11.9 Å². The van der Waals surface area contributed by atoms with Gasteiger partial charge in [0, 0.05) is 63.5 Å². The van der Waals surface area contributed by atoms with Gasteiger partial charge >= 0.3 is 0 Å². The van der Waals surface area contributed by atoms with Gasteiger partial charge in [-0.25, -0.2) is 19.9 Å². The quantitative estimate of drug-likeness (QED) is 0.687. The third-order valence-electron chi connectivity index (χ3n) is 5.37. The van der Waals surface area contributed by atoms with E-state index in [0.29, 0.717) is 24.4 Å². The van der Waals surface area contributed by atoms with E-state index in [4.69, 9.17) is 9.40 Å². The van der Waals surface area contributed by atoms with E-state index < -0.39 is 0 Å². The van der Waals surface area contributed by atoms with E-state index in [-0.39, 0.29) is 11.7 Å². The number of piperazine rings is 1. The van der Waals surface area contributed by atoms with Crippen LogP contribution in [0.25, 0.3) is 0 Å². The minimum atomic E-state index is 0.0461. The van der Waals surface area contributed by atoms with Crippen LogP contribution in [0.3, 0.4) is 0 Å². The van der Waals surface area contributed by atoms with Crippen LogP contribution in [0.2, 0.25) is 0 Å². The Morgan fingerprint density at radius 3 is 2.39 bits per heavy atom. The Hall–Kier alpha value is -3.29. The molecular formula is C20H20N6O2. The second-order valence-electron chi connectivity index (χ2n) is 7.10. The summed E-state index contributed by atoms with van der Waals surface area (Å²) in [7, 11) is 0.